The molecule has 2 heterocycles. The van der Waals surface area contributed by atoms with Gasteiger partial charge in [0.15, 0.2) is 0 Å². The topological polar surface area (TPSA) is 93.6 Å². The number of likely N-dealkylation sites (tertiary alicyclic amines) is 1. The van der Waals surface area contributed by atoms with Crippen LogP contribution in [0.25, 0.3) is 5.69 Å². The maximum absolute atomic E-state index is 12.8. The van der Waals surface area contributed by atoms with Crippen LogP contribution in [-0.2, 0) is 14.3 Å². The third-order valence-electron chi connectivity index (χ3n) is 4.69. The van der Waals surface area contributed by atoms with Crippen molar-refractivity contribution in [3.63, 3.8) is 0 Å². The zero-order valence-electron chi connectivity index (χ0n) is 15.0. The quantitative estimate of drug-likeness (QED) is 0.794. The van der Waals surface area contributed by atoms with Crippen molar-refractivity contribution >= 4 is 23.5 Å². The number of H-pyrrole nitrogens is 1. The van der Waals surface area contributed by atoms with E-state index in [0.29, 0.717) is 23.7 Å². The molecule has 2 atom stereocenters. The highest BCUT2D eigenvalue weighted by Gasteiger charge is 2.37. The lowest BCUT2D eigenvalue weighted by atomic mass is 9.93. The Hall–Kier alpha value is -2.58. The molecule has 1 aromatic carbocycles. The SMILES string of the molecule is COC(=O)C1CCN(C(=O)c2cc(=O)n(-c3ccc(Cl)cc3)[nH]2)CC1OC. The third-order valence-corrected chi connectivity index (χ3v) is 4.94. The summed E-state index contributed by atoms with van der Waals surface area (Å²) in [5.74, 6) is -1.09. The summed E-state index contributed by atoms with van der Waals surface area (Å²) < 4.78 is 11.4. The number of aromatic nitrogens is 2. The second kappa shape index (κ2) is 7.98. The molecule has 2 unspecified atom stereocenters. The molecule has 1 saturated heterocycles. The van der Waals surface area contributed by atoms with Gasteiger partial charge < -0.3 is 14.4 Å². The van der Waals surface area contributed by atoms with Gasteiger partial charge in [0.2, 0.25) is 0 Å². The lowest BCUT2D eigenvalue weighted by Crippen LogP contribution is -2.50. The van der Waals surface area contributed by atoms with Gasteiger partial charge in [-0.1, -0.05) is 11.6 Å². The highest BCUT2D eigenvalue weighted by Crippen LogP contribution is 2.22. The van der Waals surface area contributed by atoms with Gasteiger partial charge in [-0.2, -0.15) is 0 Å². The predicted molar refractivity (Wildman–Crippen MR) is 98.2 cm³/mol. The van der Waals surface area contributed by atoms with Gasteiger partial charge >= 0.3 is 5.97 Å². The van der Waals surface area contributed by atoms with Gasteiger partial charge in [-0.3, -0.25) is 19.5 Å². The van der Waals surface area contributed by atoms with Crippen LogP contribution in [0.5, 0.6) is 0 Å². The zero-order valence-corrected chi connectivity index (χ0v) is 15.7. The average Bonchev–Trinajstić information content (AvgIpc) is 3.08. The van der Waals surface area contributed by atoms with E-state index in [2.05, 4.69) is 5.10 Å². The zero-order chi connectivity index (χ0) is 19.6. The van der Waals surface area contributed by atoms with Crippen LogP contribution in [-0.4, -0.2) is 60.0 Å². The van der Waals surface area contributed by atoms with E-state index in [1.807, 2.05) is 0 Å². The number of benzene rings is 1. The molecule has 1 fully saturated rings. The number of methoxy groups -OCH3 is 2. The van der Waals surface area contributed by atoms with E-state index in [9.17, 15) is 14.4 Å². The van der Waals surface area contributed by atoms with E-state index in [-0.39, 0.29) is 29.7 Å². The largest absolute Gasteiger partial charge is 0.469 e. The standard InChI is InChI=1S/C18H20ClN3O5/c1-26-15-10-21(8-7-13(15)18(25)27-2)17(24)14-9-16(23)22(20-14)12-5-3-11(19)4-6-12/h3-6,9,13,15,20H,7-8,10H2,1-2H3. The Bertz CT molecular complexity index is 889. The van der Waals surface area contributed by atoms with Crippen molar-refractivity contribution in [3.8, 4) is 5.69 Å². The number of hydrogen-bond donors (Lipinski definition) is 1. The molecule has 0 spiro atoms. The molecule has 8 nitrogen and oxygen atoms in total. The van der Waals surface area contributed by atoms with Crippen molar-refractivity contribution in [1.29, 1.82) is 0 Å². The fraction of sp³-hybridized carbons (Fsp3) is 0.389. The summed E-state index contributed by atoms with van der Waals surface area (Å²) in [6.07, 6.45) is -0.0285. The number of esters is 1. The van der Waals surface area contributed by atoms with Crippen molar-refractivity contribution in [2.45, 2.75) is 12.5 Å². The molecule has 3 rings (SSSR count). The monoisotopic (exact) mass is 393 g/mol. The van der Waals surface area contributed by atoms with Gasteiger partial charge in [-0.05, 0) is 30.7 Å². The predicted octanol–water partition coefficient (Wildman–Crippen LogP) is 1.47. The number of rotatable bonds is 4. The summed E-state index contributed by atoms with van der Waals surface area (Å²) in [6.45, 7) is 0.607. The minimum Gasteiger partial charge on any atom is -0.469 e. The van der Waals surface area contributed by atoms with E-state index in [4.69, 9.17) is 21.1 Å². The van der Waals surface area contributed by atoms with E-state index in [1.54, 1.807) is 29.2 Å². The van der Waals surface area contributed by atoms with Crippen LogP contribution in [0.3, 0.4) is 0 Å². The molecule has 0 aliphatic carbocycles. The molecule has 1 aliphatic heterocycles. The van der Waals surface area contributed by atoms with Gasteiger partial charge in [0.25, 0.3) is 11.5 Å². The van der Waals surface area contributed by atoms with Crippen LogP contribution < -0.4 is 5.56 Å². The highest BCUT2D eigenvalue weighted by molar-refractivity contribution is 6.30. The smallest absolute Gasteiger partial charge is 0.311 e. The van der Waals surface area contributed by atoms with Crippen molar-refractivity contribution in [3.05, 3.63) is 51.4 Å². The second-order valence-corrected chi connectivity index (χ2v) is 6.70. The molecule has 2 aromatic rings. The number of carbonyl (C=O) groups excluding carboxylic acids is 2. The van der Waals surface area contributed by atoms with E-state index < -0.39 is 12.0 Å². The molecular weight excluding hydrogens is 374 g/mol. The number of amides is 1. The van der Waals surface area contributed by atoms with Crippen molar-refractivity contribution < 1.29 is 19.1 Å². The van der Waals surface area contributed by atoms with Gasteiger partial charge in [0, 0.05) is 31.3 Å². The molecule has 0 radical (unpaired) electrons. The molecule has 1 aliphatic rings. The molecule has 27 heavy (non-hydrogen) atoms. The maximum Gasteiger partial charge on any atom is 0.311 e. The van der Waals surface area contributed by atoms with Gasteiger partial charge in [-0.15, -0.1) is 0 Å². The molecule has 9 heteroatoms. The summed E-state index contributed by atoms with van der Waals surface area (Å²) in [6, 6.07) is 7.93. The number of nitrogens with zero attached hydrogens (tertiary/aromatic N) is 2. The first-order valence-corrected chi connectivity index (χ1v) is 8.80. The minimum atomic E-state index is -0.458. The average molecular weight is 394 g/mol. The number of halogens is 1. The molecule has 1 aromatic heterocycles. The van der Waals surface area contributed by atoms with E-state index in [1.165, 1.54) is 25.0 Å². The van der Waals surface area contributed by atoms with Crippen LogP contribution in [0, 0.1) is 5.92 Å². The first-order chi connectivity index (χ1) is 12.9. The Morgan fingerprint density at radius 1 is 1.22 bits per heavy atom. The lowest BCUT2D eigenvalue weighted by Gasteiger charge is -2.36. The Labute approximate surface area is 160 Å². The van der Waals surface area contributed by atoms with Crippen LogP contribution in [0.15, 0.2) is 35.1 Å². The van der Waals surface area contributed by atoms with Crippen molar-refractivity contribution in [2.24, 2.45) is 5.92 Å². The molecule has 0 bridgehead atoms. The Morgan fingerprint density at radius 2 is 1.93 bits per heavy atom. The normalized spacial score (nSPS) is 19.7. The van der Waals surface area contributed by atoms with Crippen molar-refractivity contribution in [2.75, 3.05) is 27.3 Å². The van der Waals surface area contributed by atoms with Crippen LogP contribution in [0.1, 0.15) is 16.9 Å². The second-order valence-electron chi connectivity index (χ2n) is 6.26. The summed E-state index contributed by atoms with van der Waals surface area (Å²) in [5.41, 5.74) is 0.386. The fourth-order valence-corrected chi connectivity index (χ4v) is 3.34. The third kappa shape index (κ3) is 3.91. The van der Waals surface area contributed by atoms with Crippen molar-refractivity contribution in [1.82, 2.24) is 14.7 Å². The first kappa shape index (κ1) is 19.2. The highest BCUT2D eigenvalue weighted by atomic mass is 35.5. The number of ether oxygens (including phenoxy) is 2. The number of piperidine rings is 1. The summed E-state index contributed by atoms with van der Waals surface area (Å²) in [4.78, 5) is 38.5. The van der Waals surface area contributed by atoms with Crippen LogP contribution >= 0.6 is 11.6 Å². The summed E-state index contributed by atoms with van der Waals surface area (Å²) >= 11 is 5.86. The molecule has 1 amide bonds. The van der Waals surface area contributed by atoms with Gasteiger partial charge in [-0.25, -0.2) is 4.68 Å². The Morgan fingerprint density at radius 3 is 2.56 bits per heavy atom. The van der Waals surface area contributed by atoms with Crippen LogP contribution in [0.4, 0.5) is 0 Å². The molecule has 144 valence electrons. The van der Waals surface area contributed by atoms with E-state index >= 15 is 0 Å². The number of carbonyl (C=O) groups is 2. The molecular formula is C18H20ClN3O5. The summed E-state index contributed by atoms with van der Waals surface area (Å²) in [7, 11) is 2.82. The van der Waals surface area contributed by atoms with Crippen LogP contribution in [0.2, 0.25) is 5.02 Å². The van der Waals surface area contributed by atoms with Gasteiger partial charge in [0.05, 0.1) is 24.8 Å². The van der Waals surface area contributed by atoms with E-state index in [0.717, 1.165) is 0 Å². The number of nitrogens with one attached hydrogen (secondary N) is 1. The fourth-order valence-electron chi connectivity index (χ4n) is 3.22. The first-order valence-electron chi connectivity index (χ1n) is 8.42. The Balaban J connectivity index is 1.79. The minimum absolute atomic E-state index is 0.168. The number of aromatic amines is 1. The molecule has 0 saturated carbocycles. The van der Waals surface area contributed by atoms with Gasteiger partial charge in [0.1, 0.15) is 5.69 Å². The number of hydrogen-bond acceptors (Lipinski definition) is 5. The maximum atomic E-state index is 12.8. The summed E-state index contributed by atoms with van der Waals surface area (Å²) in [5, 5.41) is 3.38. The lowest BCUT2D eigenvalue weighted by molar-refractivity contribution is -0.153. The Kier molecular flexibility index (Phi) is 5.67. The molecule has 1 N–H and O–H groups in total.